The first-order valence-corrected chi connectivity index (χ1v) is 7.19. The average molecular weight is 280 g/mol. The SMILES string of the molecule is OCc1ccc(CSCc2cccc(Cl)n2)cc1. The van der Waals surface area contributed by atoms with Gasteiger partial charge in [-0.05, 0) is 23.3 Å². The van der Waals surface area contributed by atoms with Gasteiger partial charge in [0.15, 0.2) is 0 Å². The Labute approximate surface area is 116 Å². The van der Waals surface area contributed by atoms with Crippen molar-refractivity contribution in [3.63, 3.8) is 0 Å². The quantitative estimate of drug-likeness (QED) is 0.848. The van der Waals surface area contributed by atoms with E-state index in [0.29, 0.717) is 5.15 Å². The van der Waals surface area contributed by atoms with Gasteiger partial charge < -0.3 is 5.11 Å². The van der Waals surface area contributed by atoms with Crippen LogP contribution in [0, 0.1) is 0 Å². The van der Waals surface area contributed by atoms with Crippen LogP contribution in [-0.2, 0) is 18.1 Å². The number of aliphatic hydroxyl groups is 1. The van der Waals surface area contributed by atoms with E-state index in [1.807, 2.05) is 36.4 Å². The Morgan fingerprint density at radius 3 is 2.39 bits per heavy atom. The summed E-state index contributed by atoms with van der Waals surface area (Å²) in [6.45, 7) is 0.0971. The van der Waals surface area contributed by atoms with E-state index in [9.17, 15) is 0 Å². The van der Waals surface area contributed by atoms with Gasteiger partial charge in [-0.25, -0.2) is 4.98 Å². The van der Waals surface area contributed by atoms with Crippen molar-refractivity contribution in [2.75, 3.05) is 0 Å². The summed E-state index contributed by atoms with van der Waals surface area (Å²) >= 11 is 7.63. The minimum absolute atomic E-state index is 0.0971. The fraction of sp³-hybridized carbons (Fsp3) is 0.214. The van der Waals surface area contributed by atoms with Crippen LogP contribution in [0.1, 0.15) is 16.8 Å². The zero-order chi connectivity index (χ0) is 12.8. The maximum absolute atomic E-state index is 8.95. The summed E-state index contributed by atoms with van der Waals surface area (Å²) in [6, 6.07) is 13.7. The van der Waals surface area contributed by atoms with Crippen LogP contribution in [0.25, 0.3) is 0 Å². The Hall–Kier alpha value is -1.03. The van der Waals surface area contributed by atoms with Crippen molar-refractivity contribution in [2.24, 2.45) is 0 Å². The third kappa shape index (κ3) is 4.02. The second kappa shape index (κ2) is 6.78. The number of aromatic nitrogens is 1. The zero-order valence-corrected chi connectivity index (χ0v) is 11.4. The molecule has 1 N–H and O–H groups in total. The molecular weight excluding hydrogens is 266 g/mol. The molecule has 0 radical (unpaired) electrons. The maximum Gasteiger partial charge on any atom is 0.129 e. The molecule has 0 aliphatic rings. The summed E-state index contributed by atoms with van der Waals surface area (Å²) in [4.78, 5) is 4.24. The van der Waals surface area contributed by atoms with Crippen molar-refractivity contribution in [1.29, 1.82) is 0 Å². The molecule has 0 saturated carbocycles. The molecule has 0 aliphatic heterocycles. The monoisotopic (exact) mass is 279 g/mol. The highest BCUT2D eigenvalue weighted by atomic mass is 35.5. The Morgan fingerprint density at radius 2 is 1.72 bits per heavy atom. The van der Waals surface area contributed by atoms with E-state index in [4.69, 9.17) is 16.7 Å². The molecule has 4 heteroatoms. The Bertz CT molecular complexity index is 501. The number of halogens is 1. The van der Waals surface area contributed by atoms with Crippen LogP contribution in [0.15, 0.2) is 42.5 Å². The molecule has 2 aromatic rings. The Balaban J connectivity index is 1.84. The summed E-state index contributed by atoms with van der Waals surface area (Å²) in [6.07, 6.45) is 0. The number of pyridine rings is 1. The van der Waals surface area contributed by atoms with Gasteiger partial charge in [-0.15, -0.1) is 0 Å². The molecule has 0 fully saturated rings. The normalized spacial score (nSPS) is 10.6. The average Bonchev–Trinajstić information content (AvgIpc) is 2.40. The van der Waals surface area contributed by atoms with Crippen LogP contribution >= 0.6 is 23.4 Å². The van der Waals surface area contributed by atoms with Crippen molar-refractivity contribution in [3.05, 3.63) is 64.4 Å². The summed E-state index contributed by atoms with van der Waals surface area (Å²) in [5.74, 6) is 1.78. The molecule has 1 heterocycles. The van der Waals surface area contributed by atoms with Crippen LogP contribution < -0.4 is 0 Å². The summed E-state index contributed by atoms with van der Waals surface area (Å²) in [5, 5.41) is 9.50. The highest BCUT2D eigenvalue weighted by molar-refractivity contribution is 7.97. The first kappa shape index (κ1) is 13.4. The largest absolute Gasteiger partial charge is 0.392 e. The predicted molar refractivity (Wildman–Crippen MR) is 76.6 cm³/mol. The minimum atomic E-state index is 0.0971. The van der Waals surface area contributed by atoms with Gasteiger partial charge in [0.25, 0.3) is 0 Å². The number of hydrogen-bond donors (Lipinski definition) is 1. The van der Waals surface area contributed by atoms with E-state index in [1.54, 1.807) is 17.8 Å². The van der Waals surface area contributed by atoms with E-state index >= 15 is 0 Å². The van der Waals surface area contributed by atoms with Crippen molar-refractivity contribution in [3.8, 4) is 0 Å². The molecule has 2 nitrogen and oxygen atoms in total. The molecule has 0 saturated heterocycles. The van der Waals surface area contributed by atoms with Crippen LogP contribution in [-0.4, -0.2) is 10.1 Å². The first-order chi connectivity index (χ1) is 8.78. The number of aliphatic hydroxyl groups excluding tert-OH is 1. The molecule has 0 bridgehead atoms. The maximum atomic E-state index is 8.95. The highest BCUT2D eigenvalue weighted by Gasteiger charge is 1.98. The fourth-order valence-electron chi connectivity index (χ4n) is 1.55. The van der Waals surface area contributed by atoms with Crippen LogP contribution in [0.2, 0.25) is 5.15 Å². The molecule has 94 valence electrons. The molecule has 0 spiro atoms. The molecule has 1 aromatic carbocycles. The summed E-state index contributed by atoms with van der Waals surface area (Å²) in [7, 11) is 0. The number of nitrogens with zero attached hydrogens (tertiary/aromatic N) is 1. The molecule has 0 aliphatic carbocycles. The van der Waals surface area contributed by atoms with Crippen LogP contribution in [0.3, 0.4) is 0 Å². The lowest BCUT2D eigenvalue weighted by atomic mass is 10.2. The lowest BCUT2D eigenvalue weighted by Gasteiger charge is -2.03. The second-order valence-electron chi connectivity index (χ2n) is 3.92. The van der Waals surface area contributed by atoms with Gasteiger partial charge in [-0.1, -0.05) is 41.9 Å². The number of rotatable bonds is 5. The topological polar surface area (TPSA) is 33.1 Å². The van der Waals surface area contributed by atoms with Crippen molar-refractivity contribution in [1.82, 2.24) is 4.98 Å². The lowest BCUT2D eigenvalue weighted by Crippen LogP contribution is -1.88. The lowest BCUT2D eigenvalue weighted by molar-refractivity contribution is 0.282. The van der Waals surface area contributed by atoms with E-state index in [0.717, 1.165) is 22.8 Å². The summed E-state index contributed by atoms with van der Waals surface area (Å²) < 4.78 is 0. The van der Waals surface area contributed by atoms with Gasteiger partial charge in [0, 0.05) is 11.5 Å². The van der Waals surface area contributed by atoms with E-state index in [1.165, 1.54) is 5.56 Å². The zero-order valence-electron chi connectivity index (χ0n) is 9.84. The number of hydrogen-bond acceptors (Lipinski definition) is 3. The molecule has 1 aromatic heterocycles. The van der Waals surface area contributed by atoms with Gasteiger partial charge in [-0.2, -0.15) is 11.8 Å². The molecule has 0 amide bonds. The van der Waals surface area contributed by atoms with Gasteiger partial charge in [0.1, 0.15) is 5.15 Å². The molecular formula is C14H14ClNOS. The van der Waals surface area contributed by atoms with E-state index in [-0.39, 0.29) is 6.61 Å². The van der Waals surface area contributed by atoms with Crippen molar-refractivity contribution in [2.45, 2.75) is 18.1 Å². The van der Waals surface area contributed by atoms with E-state index < -0.39 is 0 Å². The van der Waals surface area contributed by atoms with Gasteiger partial charge in [-0.3, -0.25) is 0 Å². The second-order valence-corrected chi connectivity index (χ2v) is 5.29. The van der Waals surface area contributed by atoms with Gasteiger partial charge in [0.05, 0.1) is 12.3 Å². The van der Waals surface area contributed by atoms with E-state index in [2.05, 4.69) is 4.98 Å². The van der Waals surface area contributed by atoms with Crippen molar-refractivity contribution >= 4 is 23.4 Å². The highest BCUT2D eigenvalue weighted by Crippen LogP contribution is 2.18. The third-order valence-electron chi connectivity index (χ3n) is 2.50. The summed E-state index contributed by atoms with van der Waals surface area (Å²) in [5.41, 5.74) is 3.19. The van der Waals surface area contributed by atoms with Gasteiger partial charge in [0.2, 0.25) is 0 Å². The molecule has 0 unspecified atom stereocenters. The van der Waals surface area contributed by atoms with Crippen LogP contribution in [0.4, 0.5) is 0 Å². The smallest absolute Gasteiger partial charge is 0.129 e. The predicted octanol–water partition coefficient (Wildman–Crippen LogP) is 3.66. The van der Waals surface area contributed by atoms with Gasteiger partial charge >= 0.3 is 0 Å². The molecule has 2 rings (SSSR count). The minimum Gasteiger partial charge on any atom is -0.392 e. The standard InChI is InChI=1S/C14H14ClNOS/c15-14-3-1-2-13(16-14)10-18-9-12-6-4-11(8-17)5-7-12/h1-7,17H,8-10H2. The Kier molecular flexibility index (Phi) is 5.05. The first-order valence-electron chi connectivity index (χ1n) is 5.66. The fourth-order valence-corrected chi connectivity index (χ4v) is 2.63. The Morgan fingerprint density at radius 1 is 1.00 bits per heavy atom. The van der Waals surface area contributed by atoms with Crippen LogP contribution in [0.5, 0.6) is 0 Å². The number of thioether (sulfide) groups is 1. The molecule has 18 heavy (non-hydrogen) atoms. The molecule has 0 atom stereocenters. The van der Waals surface area contributed by atoms with Crippen molar-refractivity contribution < 1.29 is 5.11 Å². The third-order valence-corrected chi connectivity index (χ3v) is 3.74. The number of benzene rings is 1.